The summed E-state index contributed by atoms with van der Waals surface area (Å²) in [5, 5.41) is 10.5. The Bertz CT molecular complexity index is 1200. The Balaban J connectivity index is 1.51. The summed E-state index contributed by atoms with van der Waals surface area (Å²) in [5.41, 5.74) is 5.85. The number of rotatable bonds is 2. The van der Waals surface area contributed by atoms with Crippen LogP contribution in [0.2, 0.25) is 0 Å². The normalized spacial score (nSPS) is 21.1. The number of benzene rings is 2. The summed E-state index contributed by atoms with van der Waals surface area (Å²) in [7, 11) is 0. The third kappa shape index (κ3) is 3.38. The van der Waals surface area contributed by atoms with Gasteiger partial charge in [0.05, 0.1) is 22.9 Å². The summed E-state index contributed by atoms with van der Waals surface area (Å²) >= 11 is 3.64. The van der Waals surface area contributed by atoms with Crippen LogP contribution in [0.4, 0.5) is 11.4 Å². The highest BCUT2D eigenvalue weighted by atomic mass is 79.9. The molecule has 0 N–H and O–H groups in total. The van der Waals surface area contributed by atoms with Crippen LogP contribution in [0.1, 0.15) is 24.5 Å². The van der Waals surface area contributed by atoms with Crippen LogP contribution in [0.3, 0.4) is 0 Å². The summed E-state index contributed by atoms with van der Waals surface area (Å²) in [6, 6.07) is 16.4. The molecular formula is C24H21BrN4O. The van der Waals surface area contributed by atoms with E-state index in [1.165, 1.54) is 5.56 Å². The van der Waals surface area contributed by atoms with Gasteiger partial charge in [0.2, 0.25) is 0 Å². The van der Waals surface area contributed by atoms with Gasteiger partial charge in [-0.2, -0.15) is 5.26 Å². The van der Waals surface area contributed by atoms with Crippen molar-refractivity contribution >= 4 is 43.9 Å². The van der Waals surface area contributed by atoms with Crippen LogP contribution in [0.15, 0.2) is 58.1 Å². The highest BCUT2D eigenvalue weighted by Gasteiger charge is 2.31. The standard InChI is InChI=1S/C24H21BrN4O/c1-15-13-29(21-10-8-17(12-26)23-18(21)5-3-11-27-23)14-22(30-15)20-9-7-16-4-2-6-19(25)24(16)28-20/h2-6,8,10-11,15,22H,7,9,13-14H2,1H3/t15-,22-/m1/s1. The van der Waals surface area contributed by atoms with Crippen molar-refractivity contribution in [1.82, 2.24) is 4.98 Å². The maximum atomic E-state index is 9.45. The van der Waals surface area contributed by atoms with Crippen molar-refractivity contribution in [2.75, 3.05) is 18.0 Å². The number of nitrogens with zero attached hydrogens (tertiary/aromatic N) is 4. The lowest BCUT2D eigenvalue weighted by Crippen LogP contribution is -2.50. The molecule has 1 aromatic heterocycles. The lowest BCUT2D eigenvalue weighted by atomic mass is 9.97. The zero-order valence-electron chi connectivity index (χ0n) is 16.7. The number of aryl methyl sites for hydroxylation is 1. The number of ether oxygens (including phenoxy) is 1. The number of nitriles is 1. The maximum Gasteiger partial charge on any atom is 0.113 e. The molecule has 6 heteroatoms. The van der Waals surface area contributed by atoms with Crippen LogP contribution in [-0.4, -0.2) is 36.0 Å². The van der Waals surface area contributed by atoms with E-state index < -0.39 is 0 Å². The third-order valence-electron chi connectivity index (χ3n) is 5.82. The fourth-order valence-corrected chi connectivity index (χ4v) is 4.93. The minimum atomic E-state index is -0.0589. The number of para-hydroxylation sites is 1. The zero-order chi connectivity index (χ0) is 20.7. The molecule has 0 spiro atoms. The van der Waals surface area contributed by atoms with Gasteiger partial charge in [0.1, 0.15) is 12.2 Å². The lowest BCUT2D eigenvalue weighted by Gasteiger charge is -2.39. The van der Waals surface area contributed by atoms with Gasteiger partial charge in [-0.3, -0.25) is 9.98 Å². The predicted octanol–water partition coefficient (Wildman–Crippen LogP) is 5.18. The Kier molecular flexibility index (Phi) is 5.01. The van der Waals surface area contributed by atoms with Crippen molar-refractivity contribution in [1.29, 1.82) is 5.26 Å². The average Bonchev–Trinajstić information content (AvgIpc) is 2.78. The van der Waals surface area contributed by atoms with E-state index in [4.69, 9.17) is 9.73 Å². The second-order valence-corrected chi connectivity index (χ2v) is 8.69. The van der Waals surface area contributed by atoms with Crippen LogP contribution < -0.4 is 4.90 Å². The van der Waals surface area contributed by atoms with E-state index in [0.29, 0.717) is 5.56 Å². The molecule has 2 atom stereocenters. The van der Waals surface area contributed by atoms with E-state index >= 15 is 0 Å². The molecule has 150 valence electrons. The number of aromatic nitrogens is 1. The van der Waals surface area contributed by atoms with E-state index in [0.717, 1.165) is 58.4 Å². The van der Waals surface area contributed by atoms with Crippen LogP contribution in [-0.2, 0) is 11.2 Å². The van der Waals surface area contributed by atoms with Gasteiger partial charge in [-0.15, -0.1) is 0 Å². The number of hydrogen-bond donors (Lipinski definition) is 0. The molecule has 3 heterocycles. The molecule has 2 aromatic carbocycles. The zero-order valence-corrected chi connectivity index (χ0v) is 18.3. The lowest BCUT2D eigenvalue weighted by molar-refractivity contribution is 0.0196. The Hall–Kier alpha value is -2.75. The molecule has 30 heavy (non-hydrogen) atoms. The van der Waals surface area contributed by atoms with Gasteiger partial charge in [-0.05, 0) is 71.6 Å². The van der Waals surface area contributed by atoms with Crippen LogP contribution in [0, 0.1) is 11.3 Å². The van der Waals surface area contributed by atoms with Crippen molar-refractivity contribution in [2.45, 2.75) is 32.0 Å². The first-order chi connectivity index (χ1) is 14.6. The summed E-state index contributed by atoms with van der Waals surface area (Å²) < 4.78 is 7.36. The Morgan fingerprint density at radius 2 is 2.03 bits per heavy atom. The first-order valence-electron chi connectivity index (χ1n) is 10.2. The molecule has 1 fully saturated rings. The molecule has 1 saturated heterocycles. The first kappa shape index (κ1) is 19.2. The highest BCUT2D eigenvalue weighted by molar-refractivity contribution is 9.10. The molecular weight excluding hydrogens is 440 g/mol. The van der Waals surface area contributed by atoms with E-state index in [-0.39, 0.29) is 12.2 Å². The molecule has 5 nitrogen and oxygen atoms in total. The van der Waals surface area contributed by atoms with Gasteiger partial charge < -0.3 is 9.64 Å². The SMILES string of the molecule is C[C@@H]1CN(c2ccc(C#N)c3ncccc23)C[C@H](C2=Nc3c(Br)cccc3CC2)O1. The van der Waals surface area contributed by atoms with Gasteiger partial charge in [0.25, 0.3) is 0 Å². The number of anilines is 1. The van der Waals surface area contributed by atoms with E-state index in [1.54, 1.807) is 6.20 Å². The van der Waals surface area contributed by atoms with Crippen molar-refractivity contribution in [2.24, 2.45) is 4.99 Å². The molecule has 0 aliphatic carbocycles. The number of aliphatic imine (C=N–C) groups is 1. The van der Waals surface area contributed by atoms with Gasteiger partial charge in [0.15, 0.2) is 0 Å². The van der Waals surface area contributed by atoms with Crippen LogP contribution >= 0.6 is 15.9 Å². The van der Waals surface area contributed by atoms with E-state index in [1.807, 2.05) is 30.3 Å². The quantitative estimate of drug-likeness (QED) is 0.528. The molecule has 0 amide bonds. The topological polar surface area (TPSA) is 61.5 Å². The Morgan fingerprint density at radius 1 is 1.13 bits per heavy atom. The van der Waals surface area contributed by atoms with Crippen molar-refractivity contribution in [3.05, 3.63) is 64.3 Å². The predicted molar refractivity (Wildman–Crippen MR) is 123 cm³/mol. The second kappa shape index (κ2) is 7.82. The average molecular weight is 461 g/mol. The summed E-state index contributed by atoms with van der Waals surface area (Å²) in [5.74, 6) is 0. The maximum absolute atomic E-state index is 9.45. The van der Waals surface area contributed by atoms with Crippen LogP contribution in [0.25, 0.3) is 10.9 Å². The smallest absolute Gasteiger partial charge is 0.113 e. The third-order valence-corrected chi connectivity index (χ3v) is 6.46. The Labute approximate surface area is 184 Å². The molecule has 2 aliphatic rings. The van der Waals surface area contributed by atoms with Gasteiger partial charge in [0, 0.05) is 40.5 Å². The minimum Gasteiger partial charge on any atom is -0.366 e. The fourth-order valence-electron chi connectivity index (χ4n) is 4.44. The van der Waals surface area contributed by atoms with Gasteiger partial charge in [-0.25, -0.2) is 0 Å². The van der Waals surface area contributed by atoms with Gasteiger partial charge >= 0.3 is 0 Å². The monoisotopic (exact) mass is 460 g/mol. The van der Waals surface area contributed by atoms with Crippen molar-refractivity contribution in [3.63, 3.8) is 0 Å². The number of fused-ring (bicyclic) bond motifs is 2. The number of morpholine rings is 1. The molecule has 0 saturated carbocycles. The molecule has 3 aromatic rings. The minimum absolute atomic E-state index is 0.0589. The van der Waals surface area contributed by atoms with E-state index in [2.05, 4.69) is 50.9 Å². The summed E-state index contributed by atoms with van der Waals surface area (Å²) in [4.78, 5) is 11.8. The second-order valence-electron chi connectivity index (χ2n) is 7.83. The summed E-state index contributed by atoms with van der Waals surface area (Å²) in [6.45, 7) is 3.63. The fraction of sp³-hybridized carbons (Fsp3) is 0.292. The number of pyridine rings is 1. The van der Waals surface area contributed by atoms with Crippen molar-refractivity contribution < 1.29 is 4.74 Å². The Morgan fingerprint density at radius 3 is 2.90 bits per heavy atom. The molecule has 5 rings (SSSR count). The van der Waals surface area contributed by atoms with Gasteiger partial charge in [-0.1, -0.05) is 12.1 Å². The molecule has 2 aliphatic heterocycles. The highest BCUT2D eigenvalue weighted by Crippen LogP contribution is 2.36. The summed E-state index contributed by atoms with van der Waals surface area (Å²) in [6.07, 6.45) is 3.64. The van der Waals surface area contributed by atoms with E-state index in [9.17, 15) is 5.26 Å². The molecule has 0 radical (unpaired) electrons. The molecule has 0 bridgehead atoms. The number of hydrogen-bond acceptors (Lipinski definition) is 5. The number of halogens is 1. The largest absolute Gasteiger partial charge is 0.366 e. The van der Waals surface area contributed by atoms with Crippen molar-refractivity contribution in [3.8, 4) is 6.07 Å². The first-order valence-corrected chi connectivity index (χ1v) is 11.0. The van der Waals surface area contributed by atoms with Crippen LogP contribution in [0.5, 0.6) is 0 Å². The molecule has 0 unspecified atom stereocenters.